The maximum atomic E-state index is 13.1. The Morgan fingerprint density at radius 2 is 2.00 bits per heavy atom. The number of nitrogens with one attached hydrogen (secondary N) is 1. The fourth-order valence-electron chi connectivity index (χ4n) is 4.28. The average Bonchev–Trinajstić information content (AvgIpc) is 2.71. The number of piperazine rings is 1. The zero-order chi connectivity index (χ0) is 19.7. The van der Waals surface area contributed by atoms with Gasteiger partial charge in [0.15, 0.2) is 0 Å². The molecule has 0 radical (unpaired) electrons. The third kappa shape index (κ3) is 3.57. The average molecular weight is 380 g/mol. The van der Waals surface area contributed by atoms with Gasteiger partial charge in [0.2, 0.25) is 5.91 Å². The van der Waals surface area contributed by atoms with E-state index in [4.69, 9.17) is 0 Å². The van der Waals surface area contributed by atoms with Crippen molar-refractivity contribution in [3.05, 3.63) is 69.8 Å². The first-order chi connectivity index (χ1) is 13.5. The Kier molecular flexibility index (Phi) is 5.00. The SMILES string of the molecule is CN1CCN2c3ccc([N+](=O)[O-])cc3C[C@@H](C(=O)NCc3ccccc3)[C@@H]2C1. The van der Waals surface area contributed by atoms with Crippen LogP contribution in [0.2, 0.25) is 0 Å². The van der Waals surface area contributed by atoms with Gasteiger partial charge in [0.25, 0.3) is 5.69 Å². The molecule has 2 aromatic rings. The number of hydrogen-bond acceptors (Lipinski definition) is 5. The van der Waals surface area contributed by atoms with Crippen LogP contribution in [-0.4, -0.2) is 48.5 Å². The zero-order valence-electron chi connectivity index (χ0n) is 15.9. The van der Waals surface area contributed by atoms with Crippen molar-refractivity contribution in [2.75, 3.05) is 31.6 Å². The lowest BCUT2D eigenvalue weighted by atomic mass is 9.83. The molecule has 7 nitrogen and oxygen atoms in total. The van der Waals surface area contributed by atoms with Crippen molar-refractivity contribution < 1.29 is 9.72 Å². The van der Waals surface area contributed by atoms with Gasteiger partial charge < -0.3 is 15.1 Å². The van der Waals surface area contributed by atoms with Gasteiger partial charge in [0.1, 0.15) is 0 Å². The lowest BCUT2D eigenvalue weighted by molar-refractivity contribution is -0.384. The van der Waals surface area contributed by atoms with E-state index in [2.05, 4.69) is 22.2 Å². The number of nitrogens with zero attached hydrogens (tertiary/aromatic N) is 3. The highest BCUT2D eigenvalue weighted by Crippen LogP contribution is 2.37. The van der Waals surface area contributed by atoms with E-state index in [9.17, 15) is 14.9 Å². The Morgan fingerprint density at radius 3 is 2.75 bits per heavy atom. The number of non-ortho nitro benzene ring substituents is 1. The summed E-state index contributed by atoms with van der Waals surface area (Å²) in [6, 6.07) is 14.9. The quantitative estimate of drug-likeness (QED) is 0.650. The molecule has 2 heterocycles. The van der Waals surface area contributed by atoms with Crippen LogP contribution in [0, 0.1) is 16.0 Å². The van der Waals surface area contributed by atoms with Crippen LogP contribution in [0.3, 0.4) is 0 Å². The normalized spacial score (nSPS) is 21.5. The minimum Gasteiger partial charge on any atom is -0.365 e. The molecule has 0 spiro atoms. The third-order valence-electron chi connectivity index (χ3n) is 5.76. The van der Waals surface area contributed by atoms with E-state index in [-0.39, 0.29) is 28.5 Å². The summed E-state index contributed by atoms with van der Waals surface area (Å²) >= 11 is 0. The largest absolute Gasteiger partial charge is 0.365 e. The van der Waals surface area contributed by atoms with Crippen molar-refractivity contribution in [1.82, 2.24) is 10.2 Å². The first-order valence-corrected chi connectivity index (χ1v) is 9.57. The van der Waals surface area contributed by atoms with Crippen LogP contribution in [0.1, 0.15) is 11.1 Å². The van der Waals surface area contributed by atoms with E-state index in [1.807, 2.05) is 36.4 Å². The highest BCUT2D eigenvalue weighted by Gasteiger charge is 2.41. The molecule has 1 fully saturated rings. The van der Waals surface area contributed by atoms with Gasteiger partial charge in [0.05, 0.1) is 16.9 Å². The number of carbonyl (C=O) groups excluding carboxylic acids is 1. The van der Waals surface area contributed by atoms with Gasteiger partial charge in [-0.2, -0.15) is 0 Å². The Hall–Kier alpha value is -2.93. The number of rotatable bonds is 4. The predicted octanol–water partition coefficient (Wildman–Crippen LogP) is 2.20. The third-order valence-corrected chi connectivity index (χ3v) is 5.76. The Bertz CT molecular complexity index is 886. The lowest BCUT2D eigenvalue weighted by Crippen LogP contribution is -2.60. The summed E-state index contributed by atoms with van der Waals surface area (Å²) in [5.41, 5.74) is 3.04. The summed E-state index contributed by atoms with van der Waals surface area (Å²) in [4.78, 5) is 28.4. The van der Waals surface area contributed by atoms with Gasteiger partial charge in [-0.1, -0.05) is 30.3 Å². The first kappa shape index (κ1) is 18.4. The number of fused-ring (bicyclic) bond motifs is 3. The molecule has 0 aromatic heterocycles. The van der Waals surface area contributed by atoms with E-state index >= 15 is 0 Å². The molecule has 1 saturated heterocycles. The maximum Gasteiger partial charge on any atom is 0.269 e. The second-order valence-electron chi connectivity index (χ2n) is 7.61. The number of amides is 1. The lowest BCUT2D eigenvalue weighted by Gasteiger charge is -2.48. The topological polar surface area (TPSA) is 78.7 Å². The number of nitro groups is 1. The molecule has 28 heavy (non-hydrogen) atoms. The molecule has 0 saturated carbocycles. The van der Waals surface area contributed by atoms with Crippen molar-refractivity contribution in [1.29, 1.82) is 0 Å². The molecule has 0 aliphatic carbocycles. The first-order valence-electron chi connectivity index (χ1n) is 9.57. The number of carbonyl (C=O) groups is 1. The summed E-state index contributed by atoms with van der Waals surface area (Å²) in [6.45, 7) is 3.01. The number of hydrogen-bond donors (Lipinski definition) is 1. The van der Waals surface area contributed by atoms with Crippen molar-refractivity contribution in [3.8, 4) is 0 Å². The summed E-state index contributed by atoms with van der Waals surface area (Å²) in [6.07, 6.45) is 0.520. The van der Waals surface area contributed by atoms with Crippen LogP contribution in [-0.2, 0) is 17.8 Å². The van der Waals surface area contributed by atoms with Crippen molar-refractivity contribution in [2.45, 2.75) is 19.0 Å². The van der Waals surface area contributed by atoms with Gasteiger partial charge in [-0.05, 0) is 30.7 Å². The molecule has 0 unspecified atom stereocenters. The van der Waals surface area contributed by atoms with Gasteiger partial charge in [-0.3, -0.25) is 14.9 Å². The van der Waals surface area contributed by atoms with Crippen LogP contribution in [0.15, 0.2) is 48.5 Å². The number of likely N-dealkylation sites (N-methyl/N-ethyl adjacent to an activating group) is 1. The summed E-state index contributed by atoms with van der Waals surface area (Å²) in [5, 5.41) is 14.3. The van der Waals surface area contributed by atoms with Gasteiger partial charge in [-0.15, -0.1) is 0 Å². The summed E-state index contributed by atoms with van der Waals surface area (Å²) < 4.78 is 0. The summed E-state index contributed by atoms with van der Waals surface area (Å²) in [5.74, 6) is -0.229. The molecule has 146 valence electrons. The van der Waals surface area contributed by atoms with Crippen LogP contribution >= 0.6 is 0 Å². The molecule has 1 amide bonds. The fourth-order valence-corrected chi connectivity index (χ4v) is 4.28. The van der Waals surface area contributed by atoms with Crippen LogP contribution in [0.5, 0.6) is 0 Å². The second-order valence-corrected chi connectivity index (χ2v) is 7.61. The van der Waals surface area contributed by atoms with E-state index in [1.54, 1.807) is 12.1 Å². The standard InChI is InChI=1S/C21H24N4O3/c1-23-9-10-24-19-8-7-17(25(27)28)11-16(19)12-18(20(24)14-23)21(26)22-13-15-5-3-2-4-6-15/h2-8,11,18,20H,9-10,12-14H2,1H3,(H,22,26)/t18-,20+/m1/s1. The van der Waals surface area contributed by atoms with Crippen molar-refractivity contribution in [2.24, 2.45) is 5.92 Å². The molecule has 0 bridgehead atoms. The molecule has 2 aromatic carbocycles. The molecular weight excluding hydrogens is 356 g/mol. The monoisotopic (exact) mass is 380 g/mol. The molecule has 1 N–H and O–H groups in total. The molecular formula is C21H24N4O3. The molecule has 2 aliphatic heterocycles. The zero-order valence-corrected chi connectivity index (χ0v) is 15.9. The Morgan fingerprint density at radius 1 is 1.21 bits per heavy atom. The minimum absolute atomic E-state index is 0.00584. The number of nitro benzene ring substituents is 1. The molecule has 2 aliphatic rings. The Balaban J connectivity index is 1.59. The predicted molar refractivity (Wildman–Crippen MR) is 107 cm³/mol. The molecule has 2 atom stereocenters. The van der Waals surface area contributed by atoms with Gasteiger partial charge in [0, 0.05) is 44.0 Å². The number of benzene rings is 2. The van der Waals surface area contributed by atoms with Crippen LogP contribution < -0.4 is 10.2 Å². The summed E-state index contributed by atoms with van der Waals surface area (Å²) in [7, 11) is 2.07. The highest BCUT2D eigenvalue weighted by atomic mass is 16.6. The Labute approximate surface area is 164 Å². The van der Waals surface area contributed by atoms with Crippen molar-refractivity contribution in [3.63, 3.8) is 0 Å². The molecule has 4 rings (SSSR count). The van der Waals surface area contributed by atoms with Gasteiger partial charge >= 0.3 is 0 Å². The maximum absolute atomic E-state index is 13.1. The van der Waals surface area contributed by atoms with Crippen LogP contribution in [0.25, 0.3) is 0 Å². The van der Waals surface area contributed by atoms with Gasteiger partial charge in [-0.25, -0.2) is 0 Å². The van der Waals surface area contributed by atoms with Crippen LogP contribution in [0.4, 0.5) is 11.4 Å². The van der Waals surface area contributed by atoms with Crippen molar-refractivity contribution >= 4 is 17.3 Å². The molecule has 7 heteroatoms. The fraction of sp³-hybridized carbons (Fsp3) is 0.381. The van der Waals surface area contributed by atoms with E-state index in [1.165, 1.54) is 0 Å². The van der Waals surface area contributed by atoms with E-state index in [0.717, 1.165) is 36.4 Å². The highest BCUT2D eigenvalue weighted by molar-refractivity contribution is 5.82. The second kappa shape index (κ2) is 7.59. The smallest absolute Gasteiger partial charge is 0.269 e. The van der Waals surface area contributed by atoms with E-state index in [0.29, 0.717) is 13.0 Å². The minimum atomic E-state index is -0.374. The number of anilines is 1. The van der Waals surface area contributed by atoms with E-state index < -0.39 is 0 Å².